The molecule has 3 rings (SSSR count). The average molecular weight is 295 g/mol. The van der Waals surface area contributed by atoms with Gasteiger partial charge in [0.25, 0.3) is 0 Å². The molecule has 1 saturated heterocycles. The SMILES string of the molecule is CNC1COCC1c1nc(C2(OC)CCCCCC2)no1. The molecule has 6 nitrogen and oxygen atoms in total. The molecule has 1 aromatic rings. The molecular formula is C15H25N3O3. The van der Waals surface area contributed by atoms with Crippen LogP contribution in [0.25, 0.3) is 0 Å². The van der Waals surface area contributed by atoms with E-state index in [1.807, 2.05) is 7.05 Å². The lowest BCUT2D eigenvalue weighted by Gasteiger charge is -2.27. The predicted molar refractivity (Wildman–Crippen MR) is 77.1 cm³/mol. The Hall–Kier alpha value is -0.980. The maximum Gasteiger partial charge on any atom is 0.233 e. The molecule has 0 spiro atoms. The Bertz CT molecular complexity index is 455. The van der Waals surface area contributed by atoms with Gasteiger partial charge in [0, 0.05) is 13.2 Å². The van der Waals surface area contributed by atoms with E-state index in [2.05, 4.69) is 15.5 Å². The summed E-state index contributed by atoms with van der Waals surface area (Å²) in [5.74, 6) is 1.52. The third kappa shape index (κ3) is 2.84. The van der Waals surface area contributed by atoms with Crippen molar-refractivity contribution in [3.05, 3.63) is 11.7 Å². The molecule has 21 heavy (non-hydrogen) atoms. The summed E-state index contributed by atoms with van der Waals surface area (Å²) in [6, 6.07) is 0.242. The van der Waals surface area contributed by atoms with E-state index in [9.17, 15) is 0 Å². The van der Waals surface area contributed by atoms with Gasteiger partial charge in [0.2, 0.25) is 11.7 Å². The molecule has 2 fully saturated rings. The number of hydrogen-bond donors (Lipinski definition) is 1. The zero-order valence-corrected chi connectivity index (χ0v) is 12.9. The monoisotopic (exact) mass is 295 g/mol. The van der Waals surface area contributed by atoms with Gasteiger partial charge in [-0.2, -0.15) is 4.98 Å². The molecule has 1 saturated carbocycles. The van der Waals surface area contributed by atoms with Gasteiger partial charge in [-0.15, -0.1) is 0 Å². The highest BCUT2D eigenvalue weighted by molar-refractivity contribution is 5.07. The first kappa shape index (κ1) is 14.9. The Morgan fingerprint density at radius 1 is 1.19 bits per heavy atom. The lowest BCUT2D eigenvalue weighted by molar-refractivity contribution is -0.0365. The molecule has 2 atom stereocenters. The highest BCUT2D eigenvalue weighted by atomic mass is 16.5. The molecule has 0 radical (unpaired) electrons. The van der Waals surface area contributed by atoms with E-state index in [-0.39, 0.29) is 17.6 Å². The number of hydrogen-bond acceptors (Lipinski definition) is 6. The molecule has 6 heteroatoms. The number of rotatable bonds is 4. The number of likely N-dealkylation sites (N-methyl/N-ethyl adjacent to an activating group) is 1. The summed E-state index contributed by atoms with van der Waals surface area (Å²) in [5, 5.41) is 7.49. The van der Waals surface area contributed by atoms with E-state index >= 15 is 0 Å². The normalized spacial score (nSPS) is 29.4. The van der Waals surface area contributed by atoms with E-state index in [0.29, 0.717) is 24.9 Å². The van der Waals surface area contributed by atoms with Crippen molar-refractivity contribution >= 4 is 0 Å². The third-order valence-electron chi connectivity index (χ3n) is 4.92. The van der Waals surface area contributed by atoms with Gasteiger partial charge in [0.05, 0.1) is 19.1 Å². The molecule has 2 heterocycles. The van der Waals surface area contributed by atoms with Crippen LogP contribution in [0.4, 0.5) is 0 Å². The lowest BCUT2D eigenvalue weighted by atomic mass is 9.93. The van der Waals surface area contributed by atoms with Gasteiger partial charge in [0.15, 0.2) is 0 Å². The minimum atomic E-state index is -0.368. The van der Waals surface area contributed by atoms with Gasteiger partial charge < -0.3 is 19.3 Å². The Balaban J connectivity index is 1.82. The van der Waals surface area contributed by atoms with E-state index < -0.39 is 0 Å². The maximum atomic E-state index is 5.84. The Labute approximate surface area is 125 Å². The van der Waals surface area contributed by atoms with Crippen LogP contribution >= 0.6 is 0 Å². The smallest absolute Gasteiger partial charge is 0.233 e. The summed E-state index contributed by atoms with van der Waals surface area (Å²) in [6.07, 6.45) is 6.77. The molecule has 2 unspecified atom stereocenters. The topological polar surface area (TPSA) is 69.4 Å². The fourth-order valence-electron chi connectivity index (χ4n) is 3.47. The van der Waals surface area contributed by atoms with Crippen LogP contribution in [0.1, 0.15) is 56.2 Å². The predicted octanol–water partition coefficient (Wildman–Crippen LogP) is 1.97. The summed E-state index contributed by atoms with van der Waals surface area (Å²) in [4.78, 5) is 4.68. The van der Waals surface area contributed by atoms with Crippen molar-refractivity contribution in [1.29, 1.82) is 0 Å². The van der Waals surface area contributed by atoms with E-state index in [0.717, 1.165) is 25.7 Å². The van der Waals surface area contributed by atoms with E-state index in [1.165, 1.54) is 12.8 Å². The van der Waals surface area contributed by atoms with Crippen LogP contribution in [-0.4, -0.2) is 43.6 Å². The third-order valence-corrected chi connectivity index (χ3v) is 4.92. The van der Waals surface area contributed by atoms with Gasteiger partial charge in [-0.05, 0) is 19.9 Å². The quantitative estimate of drug-likeness (QED) is 0.856. The first-order valence-electron chi connectivity index (χ1n) is 7.93. The zero-order valence-electron chi connectivity index (χ0n) is 12.9. The first-order valence-corrected chi connectivity index (χ1v) is 7.93. The van der Waals surface area contributed by atoms with E-state index in [4.69, 9.17) is 14.0 Å². The van der Waals surface area contributed by atoms with Crippen molar-refractivity contribution in [2.24, 2.45) is 0 Å². The number of ether oxygens (including phenoxy) is 2. The van der Waals surface area contributed by atoms with Crippen LogP contribution in [0.5, 0.6) is 0 Å². The summed E-state index contributed by atoms with van der Waals surface area (Å²) in [5.41, 5.74) is -0.368. The minimum absolute atomic E-state index is 0.135. The molecule has 0 amide bonds. The summed E-state index contributed by atoms with van der Waals surface area (Å²) in [7, 11) is 3.70. The second kappa shape index (κ2) is 6.42. The van der Waals surface area contributed by atoms with Crippen molar-refractivity contribution in [2.75, 3.05) is 27.4 Å². The highest BCUT2D eigenvalue weighted by Crippen LogP contribution is 2.38. The molecule has 1 aliphatic carbocycles. The lowest BCUT2D eigenvalue weighted by Crippen LogP contribution is -2.32. The van der Waals surface area contributed by atoms with Gasteiger partial charge in [-0.25, -0.2) is 0 Å². The molecule has 118 valence electrons. The second-order valence-electron chi connectivity index (χ2n) is 6.11. The van der Waals surface area contributed by atoms with Crippen molar-refractivity contribution in [2.45, 2.75) is 56.1 Å². The number of aromatic nitrogens is 2. The standard InChI is InChI=1S/C15H25N3O3/c1-16-12-10-20-9-11(12)13-17-14(18-21-13)15(19-2)7-5-3-4-6-8-15/h11-12,16H,3-10H2,1-2H3. The van der Waals surface area contributed by atoms with Crippen LogP contribution in [0, 0.1) is 0 Å². The molecule has 1 N–H and O–H groups in total. The molecule has 0 aromatic carbocycles. The Morgan fingerprint density at radius 3 is 2.62 bits per heavy atom. The van der Waals surface area contributed by atoms with Crippen molar-refractivity contribution < 1.29 is 14.0 Å². The van der Waals surface area contributed by atoms with Crippen LogP contribution in [0.2, 0.25) is 0 Å². The van der Waals surface area contributed by atoms with Crippen LogP contribution in [-0.2, 0) is 15.1 Å². The molecule has 1 aliphatic heterocycles. The Morgan fingerprint density at radius 2 is 1.95 bits per heavy atom. The van der Waals surface area contributed by atoms with Gasteiger partial charge in [0.1, 0.15) is 5.60 Å². The number of nitrogens with zero attached hydrogens (tertiary/aromatic N) is 2. The highest BCUT2D eigenvalue weighted by Gasteiger charge is 2.40. The van der Waals surface area contributed by atoms with Crippen LogP contribution in [0.15, 0.2) is 4.52 Å². The summed E-state index contributed by atoms with van der Waals surface area (Å²) < 4.78 is 16.9. The second-order valence-corrected chi connectivity index (χ2v) is 6.11. The van der Waals surface area contributed by atoms with Crippen LogP contribution in [0.3, 0.4) is 0 Å². The van der Waals surface area contributed by atoms with Gasteiger partial charge in [-0.3, -0.25) is 0 Å². The van der Waals surface area contributed by atoms with Crippen molar-refractivity contribution in [3.8, 4) is 0 Å². The number of nitrogens with one attached hydrogen (secondary N) is 1. The fraction of sp³-hybridized carbons (Fsp3) is 0.867. The largest absolute Gasteiger partial charge is 0.379 e. The van der Waals surface area contributed by atoms with Gasteiger partial charge in [-0.1, -0.05) is 30.8 Å². The minimum Gasteiger partial charge on any atom is -0.379 e. The molecule has 0 bridgehead atoms. The maximum absolute atomic E-state index is 5.84. The molecule has 1 aromatic heterocycles. The average Bonchev–Trinajstić information content (AvgIpc) is 3.11. The molecule has 2 aliphatic rings. The summed E-state index contributed by atoms with van der Waals surface area (Å²) in [6.45, 7) is 1.32. The van der Waals surface area contributed by atoms with Gasteiger partial charge >= 0.3 is 0 Å². The van der Waals surface area contributed by atoms with Crippen LogP contribution < -0.4 is 5.32 Å². The van der Waals surface area contributed by atoms with E-state index in [1.54, 1.807) is 7.11 Å². The summed E-state index contributed by atoms with van der Waals surface area (Å²) >= 11 is 0. The van der Waals surface area contributed by atoms with Crippen molar-refractivity contribution in [3.63, 3.8) is 0 Å². The van der Waals surface area contributed by atoms with Crippen molar-refractivity contribution in [1.82, 2.24) is 15.5 Å². The fourth-order valence-corrected chi connectivity index (χ4v) is 3.47. The molecular weight excluding hydrogens is 270 g/mol. The number of methoxy groups -OCH3 is 1. The first-order chi connectivity index (χ1) is 10.3. The Kier molecular flexibility index (Phi) is 4.57. The zero-order chi connectivity index (χ0) is 14.7.